The third-order valence-corrected chi connectivity index (χ3v) is 3.87. The predicted octanol–water partition coefficient (Wildman–Crippen LogP) is -1.33. The van der Waals surface area contributed by atoms with Crippen molar-refractivity contribution in [2.24, 2.45) is 4.99 Å². The Labute approximate surface area is 103 Å². The summed E-state index contributed by atoms with van der Waals surface area (Å²) in [6.07, 6.45) is -1.15. The van der Waals surface area contributed by atoms with E-state index in [4.69, 9.17) is 9.84 Å². The van der Waals surface area contributed by atoms with Crippen LogP contribution in [0.1, 0.15) is 0 Å². The second-order valence-electron chi connectivity index (χ2n) is 3.93. The first-order valence-electron chi connectivity index (χ1n) is 5.38. The maximum absolute atomic E-state index is 9.90. The maximum Gasteiger partial charge on any atom is 0.159 e. The minimum Gasteiger partial charge on any atom is -0.394 e. The van der Waals surface area contributed by atoms with Crippen molar-refractivity contribution < 1.29 is 20.1 Å². The van der Waals surface area contributed by atoms with Gasteiger partial charge in [0.05, 0.1) is 19.2 Å². The number of rotatable bonds is 3. The van der Waals surface area contributed by atoms with Gasteiger partial charge in [-0.05, 0) is 0 Å². The molecule has 2 aliphatic rings. The lowest BCUT2D eigenvalue weighted by Crippen LogP contribution is -2.59. The standard InChI is InChI=1S/C10H16N2O4S/c1-2-3-11-10-12-6-8(15)7(14)5(4-13)16-9(6)17-10/h2,5-9,13-15H,1,3-4H2,(H,11,12). The Kier molecular flexibility index (Phi) is 4.05. The Hall–Kier alpha value is -0.600. The van der Waals surface area contributed by atoms with Crippen molar-refractivity contribution in [3.63, 3.8) is 0 Å². The zero-order valence-electron chi connectivity index (χ0n) is 9.19. The molecular weight excluding hydrogens is 244 g/mol. The highest BCUT2D eigenvalue weighted by molar-refractivity contribution is 8.14. The smallest absolute Gasteiger partial charge is 0.159 e. The van der Waals surface area contributed by atoms with Gasteiger partial charge in [0, 0.05) is 0 Å². The first kappa shape index (κ1) is 12.8. The van der Waals surface area contributed by atoms with E-state index in [9.17, 15) is 10.2 Å². The number of ether oxygens (including phenoxy) is 1. The van der Waals surface area contributed by atoms with Crippen LogP contribution in [0.15, 0.2) is 17.6 Å². The van der Waals surface area contributed by atoms with E-state index < -0.39 is 24.4 Å². The van der Waals surface area contributed by atoms with E-state index in [0.717, 1.165) is 0 Å². The largest absolute Gasteiger partial charge is 0.394 e. The molecule has 2 saturated heterocycles. The van der Waals surface area contributed by atoms with Crippen molar-refractivity contribution in [2.45, 2.75) is 29.8 Å². The third kappa shape index (κ3) is 2.48. The second kappa shape index (κ2) is 5.36. The van der Waals surface area contributed by atoms with Gasteiger partial charge in [0.15, 0.2) is 5.17 Å². The number of amidine groups is 1. The molecule has 0 bridgehead atoms. The summed E-state index contributed by atoms with van der Waals surface area (Å²) in [5.41, 5.74) is -0.339. The molecule has 7 heteroatoms. The van der Waals surface area contributed by atoms with E-state index in [1.807, 2.05) is 0 Å². The molecule has 5 unspecified atom stereocenters. The van der Waals surface area contributed by atoms with E-state index in [1.165, 1.54) is 11.8 Å². The summed E-state index contributed by atoms with van der Waals surface area (Å²) in [5.74, 6) is 0. The normalized spacial score (nSPS) is 43.2. The monoisotopic (exact) mass is 260 g/mol. The molecule has 0 aliphatic carbocycles. The molecule has 0 aromatic rings. The zero-order valence-corrected chi connectivity index (χ0v) is 10.0. The zero-order chi connectivity index (χ0) is 12.4. The van der Waals surface area contributed by atoms with Crippen LogP contribution in [-0.2, 0) is 4.74 Å². The van der Waals surface area contributed by atoms with Gasteiger partial charge in [0.2, 0.25) is 0 Å². The van der Waals surface area contributed by atoms with Gasteiger partial charge in [-0.25, -0.2) is 0 Å². The average Bonchev–Trinajstić information content (AvgIpc) is 2.74. The molecule has 96 valence electrons. The Balaban J connectivity index is 2.07. The Morgan fingerprint density at radius 3 is 2.88 bits per heavy atom. The second-order valence-corrected chi connectivity index (χ2v) is 5.02. The van der Waals surface area contributed by atoms with Crippen molar-refractivity contribution in [3.05, 3.63) is 12.7 Å². The van der Waals surface area contributed by atoms with Gasteiger partial charge in [-0.1, -0.05) is 17.8 Å². The van der Waals surface area contributed by atoms with Crippen LogP contribution < -0.4 is 5.32 Å². The minimum atomic E-state index is -1.09. The van der Waals surface area contributed by atoms with Crippen molar-refractivity contribution in [1.29, 1.82) is 0 Å². The number of aliphatic hydroxyl groups excluding tert-OH is 3. The van der Waals surface area contributed by atoms with Crippen molar-refractivity contribution in [2.75, 3.05) is 13.2 Å². The number of hydrogen-bond donors (Lipinski definition) is 4. The van der Waals surface area contributed by atoms with Gasteiger partial charge >= 0.3 is 0 Å². The summed E-state index contributed by atoms with van der Waals surface area (Å²) >= 11 is 1.35. The summed E-state index contributed by atoms with van der Waals surface area (Å²) in [6, 6.07) is -0.402. The fourth-order valence-corrected chi connectivity index (χ4v) is 3.00. The highest BCUT2D eigenvalue weighted by Gasteiger charge is 2.48. The van der Waals surface area contributed by atoms with E-state index in [1.54, 1.807) is 6.08 Å². The van der Waals surface area contributed by atoms with Gasteiger partial charge in [-0.2, -0.15) is 0 Å². The SMILES string of the molecule is C=CCN=C1NC2C(OC(CO)C(O)C2O)S1. The molecule has 4 N–H and O–H groups in total. The Morgan fingerprint density at radius 2 is 2.24 bits per heavy atom. The molecule has 0 radical (unpaired) electrons. The number of nitrogens with one attached hydrogen (secondary N) is 1. The Bertz CT molecular complexity index is 325. The number of hydrogen-bond acceptors (Lipinski definition) is 6. The van der Waals surface area contributed by atoms with Crippen LogP contribution in [0.3, 0.4) is 0 Å². The first-order valence-corrected chi connectivity index (χ1v) is 6.26. The van der Waals surface area contributed by atoms with Crippen LogP contribution in [0.5, 0.6) is 0 Å². The highest BCUT2D eigenvalue weighted by Crippen LogP contribution is 2.33. The summed E-state index contributed by atoms with van der Waals surface area (Å²) in [6.45, 7) is 3.73. The molecule has 0 aromatic heterocycles. The van der Waals surface area contributed by atoms with E-state index in [2.05, 4.69) is 16.9 Å². The quantitative estimate of drug-likeness (QED) is 0.470. The predicted molar refractivity (Wildman–Crippen MR) is 64.8 cm³/mol. The lowest BCUT2D eigenvalue weighted by molar-refractivity contribution is -0.167. The summed E-state index contributed by atoms with van der Waals surface area (Å²) in [7, 11) is 0. The average molecular weight is 260 g/mol. The molecule has 0 amide bonds. The summed E-state index contributed by atoms with van der Waals surface area (Å²) in [5, 5.41) is 32.3. The van der Waals surface area contributed by atoms with Crippen molar-refractivity contribution in [3.8, 4) is 0 Å². The van der Waals surface area contributed by atoms with Crippen molar-refractivity contribution >= 4 is 16.9 Å². The lowest BCUT2D eigenvalue weighted by atomic mass is 9.98. The summed E-state index contributed by atoms with van der Waals surface area (Å²) < 4.78 is 5.49. The molecular formula is C10H16N2O4S. The fraction of sp³-hybridized carbons (Fsp3) is 0.700. The fourth-order valence-electron chi connectivity index (χ4n) is 1.85. The van der Waals surface area contributed by atoms with E-state index in [-0.39, 0.29) is 12.0 Å². The number of fused-ring (bicyclic) bond motifs is 1. The molecule has 0 saturated carbocycles. The first-order chi connectivity index (χ1) is 8.17. The number of aliphatic imine (C=N–C) groups is 1. The molecule has 2 heterocycles. The van der Waals surface area contributed by atoms with Crippen molar-refractivity contribution in [1.82, 2.24) is 5.32 Å². The van der Waals surface area contributed by atoms with Crippen LogP contribution in [0.2, 0.25) is 0 Å². The number of aliphatic hydroxyl groups is 3. The highest BCUT2D eigenvalue weighted by atomic mass is 32.2. The molecule has 2 fully saturated rings. The van der Waals surface area contributed by atoms with Crippen LogP contribution in [0.4, 0.5) is 0 Å². The lowest BCUT2D eigenvalue weighted by Gasteiger charge is -2.38. The minimum absolute atomic E-state index is 0.318. The van der Waals surface area contributed by atoms with Gasteiger partial charge < -0.3 is 25.4 Å². The molecule has 6 nitrogen and oxygen atoms in total. The maximum atomic E-state index is 9.90. The van der Waals surface area contributed by atoms with Gasteiger partial charge in [0.1, 0.15) is 23.7 Å². The molecule has 2 rings (SSSR count). The Morgan fingerprint density at radius 1 is 1.47 bits per heavy atom. The molecule has 0 aromatic carbocycles. The van der Waals surface area contributed by atoms with Crippen LogP contribution in [-0.4, -0.2) is 63.4 Å². The van der Waals surface area contributed by atoms with E-state index >= 15 is 0 Å². The van der Waals surface area contributed by atoms with Gasteiger partial charge in [-0.15, -0.1) is 6.58 Å². The van der Waals surface area contributed by atoms with Crippen LogP contribution in [0, 0.1) is 0 Å². The van der Waals surface area contributed by atoms with Gasteiger partial charge in [-0.3, -0.25) is 4.99 Å². The molecule has 0 spiro atoms. The van der Waals surface area contributed by atoms with E-state index in [0.29, 0.717) is 11.7 Å². The molecule has 17 heavy (non-hydrogen) atoms. The topological polar surface area (TPSA) is 94.3 Å². The van der Waals surface area contributed by atoms with Gasteiger partial charge in [0.25, 0.3) is 0 Å². The summed E-state index contributed by atoms with van der Waals surface area (Å²) in [4.78, 5) is 4.19. The third-order valence-electron chi connectivity index (χ3n) is 2.76. The number of thioether (sulfide) groups is 1. The molecule has 5 atom stereocenters. The van der Waals surface area contributed by atoms with Crippen LogP contribution in [0.25, 0.3) is 0 Å². The van der Waals surface area contributed by atoms with Crippen LogP contribution >= 0.6 is 11.8 Å². The molecule has 2 aliphatic heterocycles. The number of nitrogens with zero attached hydrogens (tertiary/aromatic N) is 1.